The van der Waals surface area contributed by atoms with E-state index in [1.807, 2.05) is 0 Å². The predicted octanol–water partition coefficient (Wildman–Crippen LogP) is 1.91. The van der Waals surface area contributed by atoms with Gasteiger partial charge >= 0.3 is 0 Å². The molecule has 3 heteroatoms. The minimum Gasteiger partial charge on any atom is -0.356 e. The number of hydrogen-bond donors (Lipinski definition) is 2. The van der Waals surface area contributed by atoms with Gasteiger partial charge in [0.2, 0.25) is 5.91 Å². The van der Waals surface area contributed by atoms with Crippen LogP contribution in [0.3, 0.4) is 0 Å². The molecular weight excluding hydrogens is 212 g/mol. The fourth-order valence-electron chi connectivity index (χ4n) is 3.46. The van der Waals surface area contributed by atoms with Gasteiger partial charge in [-0.3, -0.25) is 4.79 Å². The summed E-state index contributed by atoms with van der Waals surface area (Å²) < 4.78 is 0. The van der Waals surface area contributed by atoms with Crippen LogP contribution in [0.1, 0.15) is 45.4 Å². The van der Waals surface area contributed by atoms with E-state index in [0.717, 1.165) is 30.7 Å². The lowest BCUT2D eigenvalue weighted by Crippen LogP contribution is -2.31. The van der Waals surface area contributed by atoms with Gasteiger partial charge in [0, 0.05) is 13.0 Å². The normalized spacial score (nSPS) is 32.7. The van der Waals surface area contributed by atoms with Crippen LogP contribution in [0.4, 0.5) is 0 Å². The molecule has 2 bridgehead atoms. The maximum absolute atomic E-state index is 11.7. The summed E-state index contributed by atoms with van der Waals surface area (Å²) in [6.45, 7) is 3.69. The van der Waals surface area contributed by atoms with Crippen LogP contribution in [0.15, 0.2) is 0 Å². The van der Waals surface area contributed by atoms with E-state index in [-0.39, 0.29) is 5.91 Å². The van der Waals surface area contributed by atoms with Crippen LogP contribution in [0.2, 0.25) is 0 Å². The molecule has 0 heterocycles. The number of rotatable bonds is 6. The zero-order valence-corrected chi connectivity index (χ0v) is 11.0. The van der Waals surface area contributed by atoms with E-state index in [9.17, 15) is 4.79 Å². The molecule has 17 heavy (non-hydrogen) atoms. The van der Waals surface area contributed by atoms with Crippen LogP contribution in [-0.2, 0) is 4.79 Å². The smallest absolute Gasteiger partial charge is 0.220 e. The first-order valence-electron chi connectivity index (χ1n) is 7.15. The Hall–Kier alpha value is -0.570. The van der Waals surface area contributed by atoms with Crippen molar-refractivity contribution >= 4 is 5.91 Å². The number of nitrogens with two attached hydrogens (primary N) is 1. The quantitative estimate of drug-likeness (QED) is 0.742. The molecule has 98 valence electrons. The molecule has 1 amide bonds. The molecule has 0 aromatic rings. The standard InChI is InChI=1S/C14H26N2O/c1-10(8-15)2-5-14(17)16-9-13-7-11-3-4-12(13)6-11/h10-13H,2-9,15H2,1H3,(H,16,17). The Labute approximate surface area is 105 Å². The van der Waals surface area contributed by atoms with Gasteiger partial charge in [-0.05, 0) is 55.9 Å². The van der Waals surface area contributed by atoms with Gasteiger partial charge in [0.05, 0.1) is 0 Å². The Morgan fingerprint density at radius 2 is 2.24 bits per heavy atom. The van der Waals surface area contributed by atoms with Gasteiger partial charge in [-0.25, -0.2) is 0 Å². The molecule has 3 nitrogen and oxygen atoms in total. The van der Waals surface area contributed by atoms with Crippen molar-refractivity contribution in [1.82, 2.24) is 5.32 Å². The van der Waals surface area contributed by atoms with Gasteiger partial charge in [0.15, 0.2) is 0 Å². The molecule has 3 N–H and O–H groups in total. The molecule has 0 saturated heterocycles. The lowest BCUT2D eigenvalue weighted by atomic mass is 9.89. The van der Waals surface area contributed by atoms with Gasteiger partial charge in [0.1, 0.15) is 0 Å². The summed E-state index contributed by atoms with van der Waals surface area (Å²) in [5.41, 5.74) is 5.54. The number of nitrogens with one attached hydrogen (secondary N) is 1. The van der Waals surface area contributed by atoms with E-state index in [1.165, 1.54) is 25.7 Å². The molecule has 2 aliphatic rings. The Kier molecular flexibility index (Phi) is 4.43. The van der Waals surface area contributed by atoms with Crippen LogP contribution >= 0.6 is 0 Å². The number of carbonyl (C=O) groups is 1. The second kappa shape index (κ2) is 5.85. The van der Waals surface area contributed by atoms with Crippen molar-refractivity contribution in [3.05, 3.63) is 0 Å². The van der Waals surface area contributed by atoms with E-state index in [1.54, 1.807) is 0 Å². The summed E-state index contributed by atoms with van der Waals surface area (Å²) in [6, 6.07) is 0. The monoisotopic (exact) mass is 238 g/mol. The number of hydrogen-bond acceptors (Lipinski definition) is 2. The second-order valence-corrected chi connectivity index (χ2v) is 6.12. The zero-order chi connectivity index (χ0) is 12.3. The van der Waals surface area contributed by atoms with E-state index in [0.29, 0.717) is 18.9 Å². The summed E-state index contributed by atoms with van der Waals surface area (Å²) >= 11 is 0. The molecule has 2 aliphatic carbocycles. The third-order valence-electron chi connectivity index (χ3n) is 4.71. The molecule has 2 saturated carbocycles. The minimum atomic E-state index is 0.216. The molecule has 4 unspecified atom stereocenters. The lowest BCUT2D eigenvalue weighted by Gasteiger charge is -2.21. The Bertz CT molecular complexity index is 267. The van der Waals surface area contributed by atoms with Gasteiger partial charge in [-0.1, -0.05) is 13.3 Å². The van der Waals surface area contributed by atoms with Gasteiger partial charge in [-0.15, -0.1) is 0 Å². The van der Waals surface area contributed by atoms with E-state index in [2.05, 4.69) is 12.2 Å². The van der Waals surface area contributed by atoms with Crippen molar-refractivity contribution in [1.29, 1.82) is 0 Å². The fraction of sp³-hybridized carbons (Fsp3) is 0.929. The van der Waals surface area contributed by atoms with Crippen molar-refractivity contribution in [2.45, 2.75) is 45.4 Å². The van der Waals surface area contributed by atoms with Gasteiger partial charge in [0.25, 0.3) is 0 Å². The van der Waals surface area contributed by atoms with E-state index < -0.39 is 0 Å². The summed E-state index contributed by atoms with van der Waals surface area (Å²) in [6.07, 6.45) is 7.16. The summed E-state index contributed by atoms with van der Waals surface area (Å²) in [7, 11) is 0. The molecule has 0 aliphatic heterocycles. The maximum Gasteiger partial charge on any atom is 0.220 e. The minimum absolute atomic E-state index is 0.216. The Morgan fingerprint density at radius 3 is 2.82 bits per heavy atom. The summed E-state index contributed by atoms with van der Waals surface area (Å²) in [5.74, 6) is 3.32. The van der Waals surface area contributed by atoms with Crippen LogP contribution < -0.4 is 11.1 Å². The number of carbonyl (C=O) groups excluding carboxylic acids is 1. The average molecular weight is 238 g/mol. The molecule has 2 rings (SSSR count). The Morgan fingerprint density at radius 1 is 1.41 bits per heavy atom. The van der Waals surface area contributed by atoms with Crippen LogP contribution in [0.5, 0.6) is 0 Å². The first-order chi connectivity index (χ1) is 8.19. The van der Waals surface area contributed by atoms with Crippen LogP contribution in [0.25, 0.3) is 0 Å². The van der Waals surface area contributed by atoms with Crippen molar-refractivity contribution in [3.63, 3.8) is 0 Å². The topological polar surface area (TPSA) is 55.1 Å². The van der Waals surface area contributed by atoms with Crippen LogP contribution in [-0.4, -0.2) is 19.0 Å². The average Bonchev–Trinajstić information content (AvgIpc) is 2.95. The molecule has 0 radical (unpaired) electrons. The first-order valence-corrected chi connectivity index (χ1v) is 7.15. The molecule has 0 aromatic heterocycles. The molecule has 0 aromatic carbocycles. The molecule has 2 fully saturated rings. The highest BCUT2D eigenvalue weighted by Gasteiger charge is 2.39. The highest BCUT2D eigenvalue weighted by atomic mass is 16.1. The first kappa shape index (κ1) is 12.9. The largest absolute Gasteiger partial charge is 0.356 e. The van der Waals surface area contributed by atoms with E-state index in [4.69, 9.17) is 5.73 Å². The third-order valence-corrected chi connectivity index (χ3v) is 4.71. The maximum atomic E-state index is 11.7. The van der Waals surface area contributed by atoms with Crippen molar-refractivity contribution in [2.75, 3.05) is 13.1 Å². The van der Waals surface area contributed by atoms with Crippen molar-refractivity contribution in [2.24, 2.45) is 29.4 Å². The van der Waals surface area contributed by atoms with Crippen molar-refractivity contribution in [3.8, 4) is 0 Å². The highest BCUT2D eigenvalue weighted by Crippen LogP contribution is 2.47. The third kappa shape index (κ3) is 3.44. The number of fused-ring (bicyclic) bond motifs is 2. The fourth-order valence-corrected chi connectivity index (χ4v) is 3.46. The summed E-state index contributed by atoms with van der Waals surface area (Å²) in [5, 5.41) is 3.11. The molecule has 0 spiro atoms. The molecule has 4 atom stereocenters. The van der Waals surface area contributed by atoms with E-state index >= 15 is 0 Å². The Balaban J connectivity index is 1.60. The highest BCUT2D eigenvalue weighted by molar-refractivity contribution is 5.75. The zero-order valence-electron chi connectivity index (χ0n) is 11.0. The van der Waals surface area contributed by atoms with Gasteiger partial charge in [-0.2, -0.15) is 0 Å². The number of amides is 1. The SMILES string of the molecule is CC(CN)CCC(=O)NCC1CC2CCC1C2. The van der Waals surface area contributed by atoms with Crippen LogP contribution in [0, 0.1) is 23.7 Å². The lowest BCUT2D eigenvalue weighted by molar-refractivity contribution is -0.121. The molecular formula is C14H26N2O. The van der Waals surface area contributed by atoms with Crippen molar-refractivity contribution < 1.29 is 4.79 Å². The van der Waals surface area contributed by atoms with Gasteiger partial charge < -0.3 is 11.1 Å². The predicted molar refractivity (Wildman–Crippen MR) is 69.4 cm³/mol. The summed E-state index contributed by atoms with van der Waals surface area (Å²) in [4.78, 5) is 11.7. The second-order valence-electron chi connectivity index (χ2n) is 6.12.